The fourth-order valence-electron chi connectivity index (χ4n) is 1.76. The fraction of sp³-hybridized carbons (Fsp3) is 0.231. The quantitative estimate of drug-likeness (QED) is 0.885. The number of hydrogen-bond donors (Lipinski definition) is 1. The molecule has 1 atom stereocenters. The number of halogens is 2. The molecule has 0 spiro atoms. The van der Waals surface area contributed by atoms with Crippen molar-refractivity contribution in [1.82, 2.24) is 5.32 Å². The van der Waals surface area contributed by atoms with Crippen molar-refractivity contribution in [2.45, 2.75) is 13.0 Å². The molecule has 0 bridgehead atoms. The minimum absolute atomic E-state index is 0.112. The van der Waals surface area contributed by atoms with E-state index in [1.165, 1.54) is 17.7 Å². The largest absolute Gasteiger partial charge is 0.306 e. The van der Waals surface area contributed by atoms with Crippen LogP contribution in [0.5, 0.6) is 0 Å². The van der Waals surface area contributed by atoms with Gasteiger partial charge in [-0.2, -0.15) is 11.3 Å². The highest BCUT2D eigenvalue weighted by atomic mass is 79.9. The molecule has 17 heavy (non-hydrogen) atoms. The van der Waals surface area contributed by atoms with Crippen molar-refractivity contribution in [3.05, 3.63) is 56.4 Å². The maximum Gasteiger partial charge on any atom is 0.123 e. The van der Waals surface area contributed by atoms with Crippen molar-refractivity contribution < 1.29 is 4.39 Å². The highest BCUT2D eigenvalue weighted by Gasteiger charge is 2.16. The van der Waals surface area contributed by atoms with Crippen LogP contribution in [0.4, 0.5) is 4.39 Å². The molecule has 1 nitrogen and oxygen atoms in total. The first-order chi connectivity index (χ1) is 8.22. The maximum absolute atomic E-state index is 12.9. The number of rotatable bonds is 4. The van der Waals surface area contributed by atoms with E-state index >= 15 is 0 Å². The smallest absolute Gasteiger partial charge is 0.123 e. The van der Waals surface area contributed by atoms with Crippen LogP contribution in [-0.4, -0.2) is 6.54 Å². The van der Waals surface area contributed by atoms with E-state index in [1.807, 2.05) is 12.1 Å². The molecule has 0 saturated carbocycles. The summed E-state index contributed by atoms with van der Waals surface area (Å²) >= 11 is 5.20. The van der Waals surface area contributed by atoms with Gasteiger partial charge in [0.05, 0.1) is 6.04 Å². The minimum Gasteiger partial charge on any atom is -0.306 e. The Balaban J connectivity index is 2.35. The topological polar surface area (TPSA) is 12.0 Å². The SMILES string of the molecule is CCNC(c1ccc(F)cc1)c1cscc1Br. The minimum atomic E-state index is -0.201. The van der Waals surface area contributed by atoms with Crippen molar-refractivity contribution in [2.75, 3.05) is 6.54 Å². The zero-order valence-electron chi connectivity index (χ0n) is 9.41. The van der Waals surface area contributed by atoms with E-state index in [9.17, 15) is 4.39 Å². The fourth-order valence-corrected chi connectivity index (χ4v) is 3.32. The van der Waals surface area contributed by atoms with Crippen LogP contribution in [0.2, 0.25) is 0 Å². The van der Waals surface area contributed by atoms with Crippen molar-refractivity contribution in [2.24, 2.45) is 0 Å². The van der Waals surface area contributed by atoms with Gasteiger partial charge in [0, 0.05) is 9.85 Å². The first-order valence-electron chi connectivity index (χ1n) is 5.42. The third kappa shape index (κ3) is 2.94. The number of hydrogen-bond acceptors (Lipinski definition) is 2. The summed E-state index contributed by atoms with van der Waals surface area (Å²) in [7, 11) is 0. The van der Waals surface area contributed by atoms with Crippen LogP contribution in [0.15, 0.2) is 39.5 Å². The van der Waals surface area contributed by atoms with Gasteiger partial charge < -0.3 is 5.32 Å². The van der Waals surface area contributed by atoms with Crippen LogP contribution < -0.4 is 5.32 Å². The molecule has 0 radical (unpaired) electrons. The molecule has 0 aliphatic heterocycles. The molecule has 2 aromatic rings. The van der Waals surface area contributed by atoms with Gasteiger partial charge in [-0.05, 0) is 51.1 Å². The average Bonchev–Trinajstić information content (AvgIpc) is 2.74. The highest BCUT2D eigenvalue weighted by Crippen LogP contribution is 2.31. The summed E-state index contributed by atoms with van der Waals surface area (Å²) < 4.78 is 14.0. The Morgan fingerprint density at radius 1 is 1.29 bits per heavy atom. The van der Waals surface area contributed by atoms with Gasteiger partial charge in [0.25, 0.3) is 0 Å². The summed E-state index contributed by atoms with van der Waals surface area (Å²) in [5.41, 5.74) is 2.27. The predicted molar refractivity (Wildman–Crippen MR) is 73.9 cm³/mol. The Morgan fingerprint density at radius 3 is 2.53 bits per heavy atom. The average molecular weight is 314 g/mol. The molecule has 2 rings (SSSR count). The Hall–Kier alpha value is -0.710. The Morgan fingerprint density at radius 2 is 2.00 bits per heavy atom. The molecular formula is C13H13BrFNS. The summed E-state index contributed by atoms with van der Waals surface area (Å²) in [4.78, 5) is 0. The molecule has 4 heteroatoms. The number of nitrogens with one attached hydrogen (secondary N) is 1. The first kappa shape index (κ1) is 12.7. The molecule has 0 aliphatic rings. The second kappa shape index (κ2) is 5.76. The Labute approximate surface area is 113 Å². The van der Waals surface area contributed by atoms with Gasteiger partial charge in [0.2, 0.25) is 0 Å². The van der Waals surface area contributed by atoms with Crippen molar-refractivity contribution >= 4 is 27.3 Å². The van der Waals surface area contributed by atoms with E-state index in [2.05, 4.69) is 38.9 Å². The third-order valence-corrected chi connectivity index (χ3v) is 4.32. The van der Waals surface area contributed by atoms with Crippen molar-refractivity contribution in [3.8, 4) is 0 Å². The normalized spacial score (nSPS) is 12.6. The van der Waals surface area contributed by atoms with Gasteiger partial charge in [-0.25, -0.2) is 4.39 Å². The summed E-state index contributed by atoms with van der Waals surface area (Å²) in [6, 6.07) is 6.76. The summed E-state index contributed by atoms with van der Waals surface area (Å²) in [6.45, 7) is 2.93. The van der Waals surface area contributed by atoms with Gasteiger partial charge in [-0.15, -0.1) is 0 Å². The molecular weight excluding hydrogens is 301 g/mol. The lowest BCUT2D eigenvalue weighted by molar-refractivity contribution is 0.613. The van der Waals surface area contributed by atoms with Gasteiger partial charge in [0.15, 0.2) is 0 Å². The maximum atomic E-state index is 12.9. The van der Waals surface area contributed by atoms with Crippen molar-refractivity contribution in [3.63, 3.8) is 0 Å². The summed E-state index contributed by atoms with van der Waals surface area (Å²) in [6.07, 6.45) is 0. The molecule has 1 unspecified atom stereocenters. The monoisotopic (exact) mass is 313 g/mol. The molecule has 1 aromatic heterocycles. The summed E-state index contributed by atoms with van der Waals surface area (Å²) in [5, 5.41) is 7.59. The number of thiophene rings is 1. The van der Waals surface area contributed by atoms with Crippen LogP contribution in [0.25, 0.3) is 0 Å². The van der Waals surface area contributed by atoms with E-state index in [-0.39, 0.29) is 11.9 Å². The van der Waals surface area contributed by atoms with Gasteiger partial charge in [-0.3, -0.25) is 0 Å². The molecule has 1 N–H and O–H groups in total. The second-order valence-electron chi connectivity index (χ2n) is 3.72. The van der Waals surface area contributed by atoms with Crippen molar-refractivity contribution in [1.29, 1.82) is 0 Å². The second-order valence-corrected chi connectivity index (χ2v) is 5.32. The zero-order valence-corrected chi connectivity index (χ0v) is 11.8. The van der Waals surface area contributed by atoms with E-state index in [0.717, 1.165) is 16.6 Å². The number of benzene rings is 1. The van der Waals surface area contributed by atoms with Crippen LogP contribution in [-0.2, 0) is 0 Å². The molecule has 0 saturated heterocycles. The Kier molecular flexibility index (Phi) is 4.31. The first-order valence-corrected chi connectivity index (χ1v) is 7.16. The molecule has 1 aromatic carbocycles. The third-order valence-electron chi connectivity index (χ3n) is 2.56. The van der Waals surface area contributed by atoms with Gasteiger partial charge in [-0.1, -0.05) is 19.1 Å². The van der Waals surface area contributed by atoms with E-state index in [0.29, 0.717) is 0 Å². The van der Waals surface area contributed by atoms with E-state index < -0.39 is 0 Å². The van der Waals surface area contributed by atoms with Crippen LogP contribution in [0.1, 0.15) is 24.1 Å². The van der Waals surface area contributed by atoms with Gasteiger partial charge >= 0.3 is 0 Å². The highest BCUT2D eigenvalue weighted by molar-refractivity contribution is 9.10. The van der Waals surface area contributed by atoms with Crippen LogP contribution >= 0.6 is 27.3 Å². The summed E-state index contributed by atoms with van der Waals surface area (Å²) in [5.74, 6) is -0.201. The van der Waals surface area contributed by atoms with E-state index in [1.54, 1.807) is 11.3 Å². The lowest BCUT2D eigenvalue weighted by Gasteiger charge is -2.18. The standard InChI is InChI=1S/C13H13BrFNS/c1-2-16-13(11-7-17-8-12(11)14)9-3-5-10(15)6-4-9/h3-8,13,16H,2H2,1H3. The molecule has 0 amide bonds. The van der Waals surface area contributed by atoms with E-state index in [4.69, 9.17) is 0 Å². The predicted octanol–water partition coefficient (Wildman–Crippen LogP) is 4.35. The lowest BCUT2D eigenvalue weighted by Crippen LogP contribution is -2.21. The molecule has 0 aliphatic carbocycles. The molecule has 1 heterocycles. The molecule has 0 fully saturated rings. The lowest BCUT2D eigenvalue weighted by atomic mass is 10.0. The molecule has 90 valence electrons. The van der Waals surface area contributed by atoms with Crippen LogP contribution in [0, 0.1) is 5.82 Å². The van der Waals surface area contributed by atoms with Crippen LogP contribution in [0.3, 0.4) is 0 Å². The zero-order chi connectivity index (χ0) is 12.3. The van der Waals surface area contributed by atoms with Gasteiger partial charge in [0.1, 0.15) is 5.82 Å². The Bertz CT molecular complexity index is 480.